The molecule has 0 bridgehead atoms. The molecule has 1 heterocycles. The second kappa shape index (κ2) is 9.51. The van der Waals surface area contributed by atoms with Gasteiger partial charge in [0, 0.05) is 11.5 Å². The van der Waals surface area contributed by atoms with Crippen molar-refractivity contribution < 1.29 is 34.3 Å². The summed E-state index contributed by atoms with van der Waals surface area (Å²) in [4.78, 5) is 12.4. The van der Waals surface area contributed by atoms with Crippen LogP contribution < -0.4 is 4.74 Å². The number of aromatic hydroxyl groups is 1. The predicted octanol–water partition coefficient (Wildman–Crippen LogP) is 4.02. The highest BCUT2D eigenvalue weighted by Gasteiger charge is 2.47. The third-order valence-electron chi connectivity index (χ3n) is 7.98. The van der Waals surface area contributed by atoms with E-state index in [1.54, 1.807) is 0 Å². The van der Waals surface area contributed by atoms with E-state index in [1.807, 2.05) is 6.92 Å². The number of carbonyl (C=O) groups excluding carboxylic acids is 1. The van der Waals surface area contributed by atoms with Gasteiger partial charge in [0.2, 0.25) is 6.29 Å². The molecule has 34 heavy (non-hydrogen) atoms. The highest BCUT2D eigenvalue weighted by molar-refractivity contribution is 5.74. The highest BCUT2D eigenvalue weighted by atomic mass is 16.7. The van der Waals surface area contributed by atoms with E-state index in [0.717, 1.165) is 30.4 Å². The number of hydrogen-bond acceptors (Lipinski definition) is 7. The Morgan fingerprint density at radius 2 is 1.82 bits per heavy atom. The first-order valence-electron chi connectivity index (χ1n) is 12.3. The van der Waals surface area contributed by atoms with Crippen LogP contribution >= 0.6 is 0 Å². The molecular weight excluding hydrogens is 436 g/mol. The maximum absolute atomic E-state index is 12.4. The maximum Gasteiger partial charge on any atom is 0.317 e. The van der Waals surface area contributed by atoms with Crippen LogP contribution in [-0.4, -0.2) is 53.5 Å². The second-order valence-electron chi connectivity index (χ2n) is 10.6. The summed E-state index contributed by atoms with van der Waals surface area (Å²) in [5.41, 5.74) is 5.45. The number of esters is 1. The van der Waals surface area contributed by atoms with Gasteiger partial charge in [-0.1, -0.05) is 25.5 Å². The van der Waals surface area contributed by atoms with Crippen molar-refractivity contribution in [3.63, 3.8) is 0 Å². The molecule has 3 N–H and O–H groups in total. The highest BCUT2D eigenvalue weighted by Crippen LogP contribution is 2.58. The van der Waals surface area contributed by atoms with Gasteiger partial charge in [0.25, 0.3) is 0 Å². The van der Waals surface area contributed by atoms with Crippen molar-refractivity contribution in [2.45, 2.75) is 90.1 Å². The molecule has 0 spiro atoms. The first-order chi connectivity index (χ1) is 16.1. The number of allylic oxidation sites excluding steroid dienone is 2. The molecule has 3 aliphatic rings. The Morgan fingerprint density at radius 1 is 1.12 bits per heavy atom. The van der Waals surface area contributed by atoms with Crippen molar-refractivity contribution in [1.82, 2.24) is 0 Å². The molecule has 0 aromatic heterocycles. The second-order valence-corrected chi connectivity index (χ2v) is 10.6. The minimum atomic E-state index is -1.40. The zero-order valence-corrected chi connectivity index (χ0v) is 21.0. The van der Waals surface area contributed by atoms with Gasteiger partial charge in [-0.15, -0.1) is 0 Å². The number of rotatable bonds is 4. The van der Waals surface area contributed by atoms with Gasteiger partial charge in [-0.25, -0.2) is 0 Å². The van der Waals surface area contributed by atoms with E-state index in [2.05, 4.69) is 33.8 Å². The number of carbonyl (C=O) groups is 1. The van der Waals surface area contributed by atoms with E-state index in [9.17, 15) is 20.1 Å². The van der Waals surface area contributed by atoms with E-state index < -0.39 is 30.4 Å². The van der Waals surface area contributed by atoms with Gasteiger partial charge in [-0.3, -0.25) is 4.79 Å². The average Bonchev–Trinajstić information content (AvgIpc) is 2.77. The van der Waals surface area contributed by atoms with Crippen molar-refractivity contribution in [3.05, 3.63) is 33.9 Å². The lowest BCUT2D eigenvalue weighted by Gasteiger charge is -2.44. The molecule has 4 rings (SSSR count). The van der Waals surface area contributed by atoms with Crippen molar-refractivity contribution in [2.24, 2.45) is 11.8 Å². The van der Waals surface area contributed by atoms with Crippen molar-refractivity contribution in [1.29, 1.82) is 0 Å². The minimum absolute atomic E-state index is 0.0892. The molecule has 0 saturated carbocycles. The predicted molar refractivity (Wildman–Crippen MR) is 127 cm³/mol. The standard InChI is InChI=1S/C27H38O7/c1-12(2)9-16-10-14(4)17-8-7-13(3)19-21(17)20(16)15(5)25(24(19)30)34-27-22(26(31)32-6)23(29)18(28)11-33-27/h9,13-14,16-18,22-23,27-30H,7-8,10-11H2,1-6H3/t13-,14-,16+,17?,18?,22?,23?,27?/m0/s1. The summed E-state index contributed by atoms with van der Waals surface area (Å²) in [6.45, 7) is 10.4. The summed E-state index contributed by atoms with van der Waals surface area (Å²) in [7, 11) is 1.21. The van der Waals surface area contributed by atoms with Crippen molar-refractivity contribution in [2.75, 3.05) is 13.7 Å². The molecule has 1 aliphatic heterocycles. The number of ether oxygens (including phenoxy) is 3. The van der Waals surface area contributed by atoms with Crippen molar-refractivity contribution >= 4 is 5.97 Å². The van der Waals surface area contributed by atoms with E-state index in [1.165, 1.54) is 23.8 Å². The minimum Gasteiger partial charge on any atom is -0.504 e. The van der Waals surface area contributed by atoms with Crippen LogP contribution in [0.3, 0.4) is 0 Å². The Kier molecular flexibility index (Phi) is 7.00. The fourth-order valence-electron chi connectivity index (χ4n) is 6.35. The fraction of sp³-hybridized carbons (Fsp3) is 0.667. The van der Waals surface area contributed by atoms with Gasteiger partial charge < -0.3 is 29.5 Å². The molecule has 5 unspecified atom stereocenters. The SMILES string of the molecule is COC(=O)C1C(Oc2c(C)c3c4c(c2O)[C@@H](C)CCC4[C@@H](C)C[C@H]3C=C(C)C)OCC(O)C1O. The molecular formula is C27H38O7. The summed E-state index contributed by atoms with van der Waals surface area (Å²) in [5.74, 6) is -0.330. The van der Waals surface area contributed by atoms with E-state index in [0.29, 0.717) is 11.8 Å². The molecule has 0 amide bonds. The van der Waals surface area contributed by atoms with Crippen LogP contribution in [-0.2, 0) is 14.3 Å². The zero-order valence-electron chi connectivity index (χ0n) is 21.0. The molecule has 1 aromatic rings. The Labute approximate surface area is 201 Å². The van der Waals surface area contributed by atoms with Gasteiger partial charge in [0.1, 0.15) is 18.1 Å². The number of aliphatic hydroxyl groups is 2. The van der Waals surface area contributed by atoms with Gasteiger partial charge in [-0.2, -0.15) is 0 Å². The zero-order chi connectivity index (χ0) is 24.9. The summed E-state index contributed by atoms with van der Waals surface area (Å²) in [6.07, 6.45) is 1.59. The number of aliphatic hydroxyl groups excluding tert-OH is 2. The average molecular weight is 475 g/mol. The third kappa shape index (κ3) is 4.12. The van der Waals surface area contributed by atoms with Crippen LogP contribution in [0.2, 0.25) is 0 Å². The molecule has 7 nitrogen and oxygen atoms in total. The third-order valence-corrected chi connectivity index (χ3v) is 7.98. The lowest BCUT2D eigenvalue weighted by Crippen LogP contribution is -2.54. The number of methoxy groups -OCH3 is 1. The van der Waals surface area contributed by atoms with Crippen LogP contribution in [0.25, 0.3) is 0 Å². The number of benzene rings is 1. The number of phenols is 1. The fourth-order valence-corrected chi connectivity index (χ4v) is 6.35. The summed E-state index contributed by atoms with van der Waals surface area (Å²) < 4.78 is 16.7. The van der Waals surface area contributed by atoms with Crippen LogP contribution in [0.1, 0.15) is 87.0 Å². The molecule has 1 fully saturated rings. The van der Waals surface area contributed by atoms with E-state index in [4.69, 9.17) is 14.2 Å². The number of phenolic OH excluding ortho intramolecular Hbond substituents is 1. The van der Waals surface area contributed by atoms with Crippen LogP contribution in [0, 0.1) is 18.8 Å². The summed E-state index contributed by atoms with van der Waals surface area (Å²) >= 11 is 0. The molecule has 0 radical (unpaired) electrons. The molecule has 1 aromatic carbocycles. The van der Waals surface area contributed by atoms with Gasteiger partial charge in [0.05, 0.1) is 13.7 Å². The first kappa shape index (κ1) is 25.0. The first-order valence-corrected chi connectivity index (χ1v) is 12.3. The number of hydrogen-bond donors (Lipinski definition) is 3. The quantitative estimate of drug-likeness (QED) is 0.447. The molecule has 7 heteroatoms. The lowest BCUT2D eigenvalue weighted by molar-refractivity contribution is -0.226. The normalized spacial score (nSPS) is 34.7. The Hall–Kier alpha value is -2.09. The summed E-state index contributed by atoms with van der Waals surface area (Å²) in [6, 6.07) is 0. The maximum atomic E-state index is 12.4. The van der Waals surface area contributed by atoms with Crippen molar-refractivity contribution in [3.8, 4) is 11.5 Å². The molecule has 2 aliphatic carbocycles. The lowest BCUT2D eigenvalue weighted by atomic mass is 9.62. The molecule has 188 valence electrons. The van der Waals surface area contributed by atoms with Crippen LogP contribution in [0.4, 0.5) is 0 Å². The summed E-state index contributed by atoms with van der Waals surface area (Å²) in [5, 5.41) is 32.0. The van der Waals surface area contributed by atoms with Crippen LogP contribution in [0.15, 0.2) is 11.6 Å². The monoisotopic (exact) mass is 474 g/mol. The largest absolute Gasteiger partial charge is 0.504 e. The molecule has 1 saturated heterocycles. The Bertz CT molecular complexity index is 980. The van der Waals surface area contributed by atoms with Gasteiger partial charge in [-0.05, 0) is 74.5 Å². The smallest absolute Gasteiger partial charge is 0.317 e. The van der Waals surface area contributed by atoms with Crippen LogP contribution in [0.5, 0.6) is 11.5 Å². The topological polar surface area (TPSA) is 105 Å². The Balaban J connectivity index is 1.86. The van der Waals surface area contributed by atoms with E-state index >= 15 is 0 Å². The van der Waals surface area contributed by atoms with Gasteiger partial charge in [0.15, 0.2) is 11.5 Å². The Morgan fingerprint density at radius 3 is 2.47 bits per heavy atom. The van der Waals surface area contributed by atoms with E-state index in [-0.39, 0.29) is 29.9 Å². The molecule has 8 atom stereocenters. The van der Waals surface area contributed by atoms with Gasteiger partial charge >= 0.3 is 5.97 Å².